The molecule has 0 saturated heterocycles. The second-order valence-corrected chi connectivity index (χ2v) is 6.16. The summed E-state index contributed by atoms with van der Waals surface area (Å²) in [6, 6.07) is 0.354. The highest BCUT2D eigenvalue weighted by atomic mass is 16.2. The Kier molecular flexibility index (Phi) is 5.86. The summed E-state index contributed by atoms with van der Waals surface area (Å²) in [6.07, 6.45) is 7.89. The van der Waals surface area contributed by atoms with Crippen molar-refractivity contribution in [2.45, 2.75) is 45.6 Å². The van der Waals surface area contributed by atoms with Crippen molar-refractivity contribution in [3.05, 3.63) is 24.3 Å². The van der Waals surface area contributed by atoms with Gasteiger partial charge in [0.1, 0.15) is 5.69 Å². The van der Waals surface area contributed by atoms with Gasteiger partial charge in [-0.1, -0.05) is 13.8 Å². The minimum atomic E-state index is -0.159. The van der Waals surface area contributed by atoms with Gasteiger partial charge in [0, 0.05) is 37.9 Å². The predicted molar refractivity (Wildman–Crippen MR) is 83.2 cm³/mol. The van der Waals surface area contributed by atoms with E-state index < -0.39 is 0 Å². The van der Waals surface area contributed by atoms with Crippen molar-refractivity contribution < 1.29 is 9.59 Å². The lowest BCUT2D eigenvalue weighted by atomic mass is 10.1. The fourth-order valence-corrected chi connectivity index (χ4v) is 2.06. The second kappa shape index (κ2) is 7.87. The summed E-state index contributed by atoms with van der Waals surface area (Å²) in [5.41, 5.74) is 0.328. The summed E-state index contributed by atoms with van der Waals surface area (Å²) in [5.74, 6) is 0.356. The molecule has 0 spiro atoms. The van der Waals surface area contributed by atoms with E-state index in [2.05, 4.69) is 29.1 Å². The van der Waals surface area contributed by atoms with Crippen molar-refractivity contribution in [3.63, 3.8) is 0 Å². The molecular formula is C16H24N4O2. The van der Waals surface area contributed by atoms with Crippen molar-refractivity contribution in [1.82, 2.24) is 20.2 Å². The van der Waals surface area contributed by atoms with E-state index in [9.17, 15) is 9.59 Å². The highest BCUT2D eigenvalue weighted by Crippen LogP contribution is 2.18. The third-order valence-electron chi connectivity index (χ3n) is 3.60. The van der Waals surface area contributed by atoms with Crippen molar-refractivity contribution in [2.75, 3.05) is 13.1 Å². The first-order valence-electron chi connectivity index (χ1n) is 7.91. The van der Waals surface area contributed by atoms with E-state index in [1.165, 1.54) is 18.6 Å². The molecular weight excluding hydrogens is 280 g/mol. The molecule has 0 unspecified atom stereocenters. The molecule has 1 saturated carbocycles. The molecule has 0 aliphatic heterocycles. The third kappa shape index (κ3) is 5.42. The first-order chi connectivity index (χ1) is 10.6. The van der Waals surface area contributed by atoms with E-state index in [1.54, 1.807) is 4.90 Å². The number of nitrogens with one attached hydrogen (secondary N) is 1. The first-order valence-corrected chi connectivity index (χ1v) is 7.91. The van der Waals surface area contributed by atoms with Crippen molar-refractivity contribution in [1.29, 1.82) is 0 Å². The van der Waals surface area contributed by atoms with Crippen LogP contribution in [0.2, 0.25) is 0 Å². The molecule has 1 fully saturated rings. The standard InChI is InChI=1S/C16H24N4O2/c1-12(2)5-9-20(10-6-15(21)19-13-3-4-13)16(22)14-11-17-7-8-18-14/h7-8,11-13H,3-6,9-10H2,1-2H3,(H,19,21). The summed E-state index contributed by atoms with van der Waals surface area (Å²) < 4.78 is 0. The van der Waals surface area contributed by atoms with Gasteiger partial charge in [0.05, 0.1) is 6.20 Å². The fourth-order valence-electron chi connectivity index (χ4n) is 2.06. The normalized spacial score (nSPS) is 14.0. The Bertz CT molecular complexity index is 500. The predicted octanol–water partition coefficient (Wildman–Crippen LogP) is 1.63. The maximum Gasteiger partial charge on any atom is 0.274 e. The Morgan fingerprint density at radius 1 is 1.32 bits per heavy atom. The molecule has 6 heteroatoms. The van der Waals surface area contributed by atoms with Gasteiger partial charge in [-0.15, -0.1) is 0 Å². The smallest absolute Gasteiger partial charge is 0.274 e. The number of hydrogen-bond donors (Lipinski definition) is 1. The molecule has 1 aliphatic carbocycles. The molecule has 0 aromatic carbocycles. The number of hydrogen-bond acceptors (Lipinski definition) is 4. The first kappa shape index (κ1) is 16.4. The van der Waals surface area contributed by atoms with E-state index in [-0.39, 0.29) is 11.8 Å². The molecule has 2 rings (SSSR count). The van der Waals surface area contributed by atoms with E-state index in [1.807, 2.05) is 0 Å². The third-order valence-corrected chi connectivity index (χ3v) is 3.60. The number of rotatable bonds is 8. The molecule has 1 N–H and O–H groups in total. The lowest BCUT2D eigenvalue weighted by Crippen LogP contribution is -2.37. The topological polar surface area (TPSA) is 75.2 Å². The van der Waals surface area contributed by atoms with E-state index >= 15 is 0 Å². The maximum absolute atomic E-state index is 12.5. The summed E-state index contributed by atoms with van der Waals surface area (Å²) >= 11 is 0. The van der Waals surface area contributed by atoms with Gasteiger partial charge in [-0.3, -0.25) is 14.6 Å². The Morgan fingerprint density at radius 2 is 2.09 bits per heavy atom. The molecule has 120 valence electrons. The van der Waals surface area contributed by atoms with Gasteiger partial charge in [0.2, 0.25) is 5.91 Å². The summed E-state index contributed by atoms with van der Waals surface area (Å²) in [6.45, 7) is 5.28. The van der Waals surface area contributed by atoms with Crippen LogP contribution in [-0.4, -0.2) is 45.8 Å². The Hall–Kier alpha value is -1.98. The van der Waals surface area contributed by atoms with Gasteiger partial charge in [0.15, 0.2) is 0 Å². The molecule has 6 nitrogen and oxygen atoms in total. The van der Waals surface area contributed by atoms with Crippen LogP contribution in [0.15, 0.2) is 18.6 Å². The zero-order valence-corrected chi connectivity index (χ0v) is 13.3. The molecule has 1 aromatic heterocycles. The van der Waals surface area contributed by atoms with Crippen molar-refractivity contribution in [3.8, 4) is 0 Å². The average molecular weight is 304 g/mol. The minimum Gasteiger partial charge on any atom is -0.353 e. The molecule has 0 atom stereocenters. The zero-order chi connectivity index (χ0) is 15.9. The van der Waals surface area contributed by atoms with Crippen LogP contribution in [0.5, 0.6) is 0 Å². The Morgan fingerprint density at radius 3 is 2.68 bits per heavy atom. The highest BCUT2D eigenvalue weighted by Gasteiger charge is 2.24. The number of nitrogens with zero attached hydrogens (tertiary/aromatic N) is 3. The van der Waals surface area contributed by atoms with Gasteiger partial charge in [-0.2, -0.15) is 0 Å². The molecule has 1 aromatic rings. The number of carbonyl (C=O) groups is 2. The lowest BCUT2D eigenvalue weighted by molar-refractivity contribution is -0.121. The Labute approximate surface area is 131 Å². The summed E-state index contributed by atoms with van der Waals surface area (Å²) in [5, 5.41) is 2.95. The number of carbonyl (C=O) groups excluding carboxylic acids is 2. The average Bonchev–Trinajstić information content (AvgIpc) is 3.31. The minimum absolute atomic E-state index is 0.0176. The zero-order valence-electron chi connectivity index (χ0n) is 13.3. The van der Waals surface area contributed by atoms with E-state index in [0.717, 1.165) is 19.3 Å². The van der Waals surface area contributed by atoms with Gasteiger partial charge in [0.25, 0.3) is 5.91 Å². The van der Waals surface area contributed by atoms with Crippen molar-refractivity contribution >= 4 is 11.8 Å². The van der Waals surface area contributed by atoms with Crippen LogP contribution in [0.25, 0.3) is 0 Å². The maximum atomic E-state index is 12.5. The SMILES string of the molecule is CC(C)CCN(CCC(=O)NC1CC1)C(=O)c1cnccn1. The highest BCUT2D eigenvalue weighted by molar-refractivity contribution is 5.92. The lowest BCUT2D eigenvalue weighted by Gasteiger charge is -2.23. The molecule has 22 heavy (non-hydrogen) atoms. The molecule has 2 amide bonds. The van der Waals surface area contributed by atoms with Crippen molar-refractivity contribution in [2.24, 2.45) is 5.92 Å². The van der Waals surface area contributed by atoms with E-state index in [0.29, 0.717) is 37.2 Å². The van der Waals surface area contributed by atoms with Crippen LogP contribution in [0.1, 0.15) is 50.0 Å². The summed E-state index contributed by atoms with van der Waals surface area (Å²) in [7, 11) is 0. The monoisotopic (exact) mass is 304 g/mol. The quantitative estimate of drug-likeness (QED) is 0.792. The van der Waals surface area contributed by atoms with Crippen LogP contribution in [0.4, 0.5) is 0 Å². The molecule has 1 heterocycles. The molecule has 0 radical (unpaired) electrons. The van der Waals surface area contributed by atoms with Gasteiger partial charge in [-0.05, 0) is 25.2 Å². The summed E-state index contributed by atoms with van der Waals surface area (Å²) in [4.78, 5) is 34.0. The van der Waals surface area contributed by atoms with Crippen LogP contribution in [0, 0.1) is 5.92 Å². The number of aromatic nitrogens is 2. The number of amides is 2. The molecule has 1 aliphatic rings. The largest absolute Gasteiger partial charge is 0.353 e. The fraction of sp³-hybridized carbons (Fsp3) is 0.625. The van der Waals surface area contributed by atoms with E-state index in [4.69, 9.17) is 0 Å². The van der Waals surface area contributed by atoms with Gasteiger partial charge < -0.3 is 10.2 Å². The van der Waals surface area contributed by atoms with Crippen LogP contribution in [0.3, 0.4) is 0 Å². The van der Waals surface area contributed by atoms with Crippen LogP contribution in [-0.2, 0) is 4.79 Å². The van der Waals surface area contributed by atoms with Crippen LogP contribution >= 0.6 is 0 Å². The van der Waals surface area contributed by atoms with Crippen LogP contribution < -0.4 is 5.32 Å². The second-order valence-electron chi connectivity index (χ2n) is 6.16. The van der Waals surface area contributed by atoms with Gasteiger partial charge in [-0.25, -0.2) is 4.98 Å². The molecule has 0 bridgehead atoms. The Balaban J connectivity index is 1.92. The van der Waals surface area contributed by atoms with Gasteiger partial charge >= 0.3 is 0 Å².